The van der Waals surface area contributed by atoms with Gasteiger partial charge >= 0.3 is 5.97 Å². The molecule has 0 radical (unpaired) electrons. The molecule has 0 spiro atoms. The highest BCUT2D eigenvalue weighted by Gasteiger charge is 2.11. The molecule has 0 heterocycles. The van der Waals surface area contributed by atoms with Crippen molar-refractivity contribution < 1.29 is 23.2 Å². The van der Waals surface area contributed by atoms with Gasteiger partial charge in [0.25, 0.3) is 11.4 Å². The first-order valence-electron chi connectivity index (χ1n) is 2.98. The molecule has 0 aliphatic carbocycles. The molecule has 1 unspecified atom stereocenters. The van der Waals surface area contributed by atoms with Crippen molar-refractivity contribution in [3.63, 3.8) is 0 Å². The lowest BCUT2D eigenvalue weighted by molar-refractivity contribution is -0.141. The Morgan fingerprint density at radius 1 is 1.42 bits per heavy atom. The van der Waals surface area contributed by atoms with E-state index >= 15 is 0 Å². The molecule has 0 aromatic heterocycles. The Balaban J connectivity index is 0. The molecule has 0 bridgehead atoms. The Morgan fingerprint density at radius 2 is 1.67 bits per heavy atom. The third-order valence-corrected chi connectivity index (χ3v) is 1.13. The van der Waals surface area contributed by atoms with E-state index in [2.05, 4.69) is 0 Å². The molecule has 0 aliphatic heterocycles. The predicted octanol–water partition coefficient (Wildman–Crippen LogP) is -0.298. The maximum Gasteiger partial charge on any atom is 0.320 e. The quantitative estimate of drug-likeness (QED) is 0.528. The van der Waals surface area contributed by atoms with Gasteiger partial charge in [-0.15, -0.1) is 0 Å². The minimum absolute atomic E-state index is 0.380. The molecule has 0 fully saturated rings. The summed E-state index contributed by atoms with van der Waals surface area (Å²) in [4.78, 5) is 11.7. The van der Waals surface area contributed by atoms with E-state index in [4.69, 9.17) is 18.4 Å². The van der Waals surface area contributed by atoms with Crippen LogP contribution in [0.1, 0.15) is 6.92 Å². The average molecular weight is 199 g/mol. The summed E-state index contributed by atoms with van der Waals surface area (Å²) in [5.41, 5.74) is 0. The van der Waals surface area contributed by atoms with E-state index in [9.17, 15) is 4.79 Å². The van der Waals surface area contributed by atoms with E-state index in [1.54, 1.807) is 25.9 Å². The van der Waals surface area contributed by atoms with E-state index in [0.29, 0.717) is 0 Å². The number of carboxylic acids is 1. The lowest BCUT2D eigenvalue weighted by Gasteiger charge is -2.13. The van der Waals surface area contributed by atoms with Crippen molar-refractivity contribution in [3.8, 4) is 0 Å². The topological polar surface area (TPSA) is 98.1 Å². The predicted molar refractivity (Wildman–Crippen MR) is 44.2 cm³/mol. The van der Waals surface area contributed by atoms with Gasteiger partial charge in [-0.25, -0.2) is 0 Å². The minimum atomic E-state index is -2.61. The lowest BCUT2D eigenvalue weighted by atomic mass is 10.3. The number of carboxylic acid groups (broad SMARTS) is 1. The van der Waals surface area contributed by atoms with Crippen LogP contribution in [0.3, 0.4) is 0 Å². The second-order valence-electron chi connectivity index (χ2n) is 2.21. The van der Waals surface area contributed by atoms with Crippen LogP contribution in [0.5, 0.6) is 0 Å². The molecule has 0 aromatic rings. The molecule has 0 saturated carbocycles. The highest BCUT2D eigenvalue weighted by molar-refractivity contribution is 7.73. The Bertz CT molecular complexity index is 156. The first-order chi connectivity index (χ1) is 5.29. The van der Waals surface area contributed by atoms with Gasteiger partial charge in [0.15, 0.2) is 0 Å². The molecule has 0 saturated heterocycles. The fourth-order valence-corrected chi connectivity index (χ4v) is 0.221. The molecule has 3 N–H and O–H groups in total. The molecule has 0 rings (SSSR count). The standard InChI is InChI=1S/C5H11NO2.H2O3S/c1-4(5(7)8)6(2)3;1-4(2)3/h4H,1-3H3,(H,7,8);(H2,1,2,3). The molecule has 0 amide bonds. The van der Waals surface area contributed by atoms with E-state index in [1.165, 1.54) is 0 Å². The first kappa shape index (κ1) is 14.0. The summed E-state index contributed by atoms with van der Waals surface area (Å²) in [6.07, 6.45) is 0. The van der Waals surface area contributed by atoms with E-state index in [-0.39, 0.29) is 6.04 Å². The summed E-state index contributed by atoms with van der Waals surface area (Å²) >= 11 is -2.61. The number of carbonyl (C=O) groups is 1. The largest absolute Gasteiger partial charge is 0.480 e. The number of nitrogens with zero attached hydrogens (tertiary/aromatic N) is 1. The zero-order valence-electron chi connectivity index (χ0n) is 7.09. The van der Waals surface area contributed by atoms with Gasteiger partial charge in [-0.1, -0.05) is 0 Å². The van der Waals surface area contributed by atoms with Gasteiger partial charge in [-0.05, 0) is 21.0 Å². The SMILES string of the molecule is CC(C(=O)O)N(C)C.O=S(O)O. The molecule has 0 aliphatic rings. The molecule has 12 heavy (non-hydrogen) atoms. The number of hydrogen-bond donors (Lipinski definition) is 3. The molecule has 1 atom stereocenters. The van der Waals surface area contributed by atoms with Crippen LogP contribution in [0, 0.1) is 0 Å². The van der Waals surface area contributed by atoms with Crippen LogP contribution in [0.4, 0.5) is 0 Å². The molecule has 7 heteroatoms. The van der Waals surface area contributed by atoms with Crippen molar-refractivity contribution >= 4 is 17.3 Å². The molecule has 6 nitrogen and oxygen atoms in total. The number of rotatable bonds is 2. The van der Waals surface area contributed by atoms with Crippen LogP contribution in [0.2, 0.25) is 0 Å². The molecular weight excluding hydrogens is 186 g/mol. The number of aliphatic carboxylic acids is 1. The Labute approximate surface area is 73.3 Å². The summed E-state index contributed by atoms with van der Waals surface area (Å²) in [6, 6.07) is -0.380. The minimum Gasteiger partial charge on any atom is -0.480 e. The van der Waals surface area contributed by atoms with Crippen molar-refractivity contribution in [2.24, 2.45) is 0 Å². The molecule has 74 valence electrons. The van der Waals surface area contributed by atoms with Gasteiger partial charge in [-0.2, -0.15) is 4.21 Å². The molecule has 0 aromatic carbocycles. The van der Waals surface area contributed by atoms with Gasteiger partial charge in [-0.3, -0.25) is 18.8 Å². The smallest absolute Gasteiger partial charge is 0.320 e. The summed E-state index contributed by atoms with van der Waals surface area (Å²) in [5.74, 6) is -0.782. The van der Waals surface area contributed by atoms with E-state index in [1.807, 2.05) is 0 Å². The van der Waals surface area contributed by atoms with Crippen LogP contribution in [-0.4, -0.2) is 49.4 Å². The summed E-state index contributed by atoms with van der Waals surface area (Å²) in [5, 5.41) is 8.31. The van der Waals surface area contributed by atoms with Crippen molar-refractivity contribution in [1.82, 2.24) is 4.90 Å². The normalized spacial score (nSPS) is 12.2. The van der Waals surface area contributed by atoms with Crippen LogP contribution < -0.4 is 0 Å². The third-order valence-electron chi connectivity index (χ3n) is 1.13. The van der Waals surface area contributed by atoms with Gasteiger partial charge in [0.05, 0.1) is 0 Å². The van der Waals surface area contributed by atoms with Crippen LogP contribution in [0.15, 0.2) is 0 Å². The zero-order valence-corrected chi connectivity index (χ0v) is 7.91. The maximum atomic E-state index is 10.1. The second-order valence-corrected chi connectivity index (χ2v) is 2.67. The first-order valence-corrected chi connectivity index (χ1v) is 4.04. The number of hydrogen-bond acceptors (Lipinski definition) is 3. The summed E-state index contributed by atoms with van der Waals surface area (Å²) < 4.78 is 22.8. The van der Waals surface area contributed by atoms with Crippen LogP contribution in [0.25, 0.3) is 0 Å². The highest BCUT2D eigenvalue weighted by atomic mass is 32.2. The maximum absolute atomic E-state index is 10.1. The fraction of sp³-hybridized carbons (Fsp3) is 0.800. The summed E-state index contributed by atoms with van der Waals surface area (Å²) in [6.45, 7) is 1.64. The van der Waals surface area contributed by atoms with Crippen LogP contribution in [-0.2, 0) is 16.2 Å². The summed E-state index contributed by atoms with van der Waals surface area (Å²) in [7, 11) is 3.47. The van der Waals surface area contributed by atoms with Crippen molar-refractivity contribution in [2.75, 3.05) is 14.1 Å². The zero-order chi connectivity index (χ0) is 10.3. The third kappa shape index (κ3) is 12.2. The Hall–Kier alpha value is -0.500. The second kappa shape index (κ2) is 7.17. The molecular formula is C5H13NO5S. The van der Waals surface area contributed by atoms with Crippen LogP contribution >= 0.6 is 0 Å². The number of likely N-dealkylation sites (N-methyl/N-ethyl adjacent to an activating group) is 1. The fourth-order valence-electron chi connectivity index (χ4n) is 0.221. The van der Waals surface area contributed by atoms with Crippen molar-refractivity contribution in [3.05, 3.63) is 0 Å². The van der Waals surface area contributed by atoms with E-state index in [0.717, 1.165) is 0 Å². The average Bonchev–Trinajstić information content (AvgIpc) is 1.84. The lowest BCUT2D eigenvalue weighted by Crippen LogP contribution is -2.32. The van der Waals surface area contributed by atoms with Gasteiger partial charge < -0.3 is 5.11 Å². The van der Waals surface area contributed by atoms with Gasteiger partial charge in [0, 0.05) is 0 Å². The monoisotopic (exact) mass is 199 g/mol. The van der Waals surface area contributed by atoms with Gasteiger partial charge in [0.1, 0.15) is 6.04 Å². The highest BCUT2D eigenvalue weighted by Crippen LogP contribution is 1.88. The van der Waals surface area contributed by atoms with Crippen molar-refractivity contribution in [2.45, 2.75) is 13.0 Å². The van der Waals surface area contributed by atoms with E-state index < -0.39 is 17.3 Å². The Morgan fingerprint density at radius 3 is 1.67 bits per heavy atom. The van der Waals surface area contributed by atoms with Gasteiger partial charge in [0.2, 0.25) is 0 Å². The Kier molecular flexibility index (Phi) is 8.39. The van der Waals surface area contributed by atoms with Crippen molar-refractivity contribution in [1.29, 1.82) is 0 Å².